The Kier molecular flexibility index (Phi) is 6.33. The third-order valence-electron chi connectivity index (χ3n) is 7.03. The number of benzene rings is 2. The third-order valence-corrected chi connectivity index (χ3v) is 7.03. The van der Waals surface area contributed by atoms with E-state index in [2.05, 4.69) is 72.2 Å². The van der Waals surface area contributed by atoms with Gasteiger partial charge in [-0.2, -0.15) is 5.26 Å². The highest BCUT2D eigenvalue weighted by atomic mass is 15.3. The molecule has 2 fully saturated rings. The van der Waals surface area contributed by atoms with Crippen molar-refractivity contribution in [3.05, 3.63) is 70.8 Å². The Morgan fingerprint density at radius 1 is 1.07 bits per heavy atom. The average molecular weight is 388 g/mol. The fraction of sp³-hybridized carbons (Fsp3) is 0.500. The number of hydrogen-bond acceptors (Lipinski definition) is 3. The molecule has 2 aliphatic heterocycles. The zero-order valence-electron chi connectivity index (χ0n) is 17.8. The Labute approximate surface area is 175 Å². The summed E-state index contributed by atoms with van der Waals surface area (Å²) in [6.07, 6.45) is 5.02. The minimum Gasteiger partial charge on any atom is -0.297 e. The lowest BCUT2D eigenvalue weighted by molar-refractivity contribution is 0.121. The monoisotopic (exact) mass is 387 g/mol. The Hall–Kier alpha value is -2.15. The van der Waals surface area contributed by atoms with E-state index in [4.69, 9.17) is 5.26 Å². The van der Waals surface area contributed by atoms with E-state index in [0.717, 1.165) is 29.8 Å². The van der Waals surface area contributed by atoms with Gasteiger partial charge >= 0.3 is 0 Å². The maximum Gasteiger partial charge on any atom is 0.0994 e. The van der Waals surface area contributed by atoms with Gasteiger partial charge in [0.15, 0.2) is 0 Å². The molecular weight excluding hydrogens is 354 g/mol. The molecule has 0 spiro atoms. The molecule has 0 saturated carbocycles. The van der Waals surface area contributed by atoms with Crippen molar-refractivity contribution in [2.45, 2.75) is 64.1 Å². The largest absolute Gasteiger partial charge is 0.297 e. The summed E-state index contributed by atoms with van der Waals surface area (Å²) in [5.74, 6) is 0.607. The number of piperazine rings is 1. The van der Waals surface area contributed by atoms with E-state index >= 15 is 0 Å². The Balaban J connectivity index is 1.25. The molecule has 29 heavy (non-hydrogen) atoms. The van der Waals surface area contributed by atoms with Gasteiger partial charge in [0.2, 0.25) is 0 Å². The molecule has 0 N–H and O–H groups in total. The molecule has 3 atom stereocenters. The first-order valence-electron chi connectivity index (χ1n) is 11.2. The first-order valence-corrected chi connectivity index (χ1v) is 11.2. The Bertz CT molecular complexity index is 854. The van der Waals surface area contributed by atoms with Crippen LogP contribution in [0.1, 0.15) is 60.8 Å². The van der Waals surface area contributed by atoms with Gasteiger partial charge in [0.1, 0.15) is 0 Å². The van der Waals surface area contributed by atoms with Gasteiger partial charge in [-0.1, -0.05) is 49.4 Å². The molecule has 4 rings (SSSR count). The Morgan fingerprint density at radius 3 is 2.48 bits per heavy atom. The van der Waals surface area contributed by atoms with Crippen LogP contribution in [-0.4, -0.2) is 41.5 Å². The van der Waals surface area contributed by atoms with Crippen molar-refractivity contribution >= 4 is 0 Å². The quantitative estimate of drug-likeness (QED) is 0.631. The van der Waals surface area contributed by atoms with Crippen molar-refractivity contribution in [1.29, 1.82) is 5.26 Å². The van der Waals surface area contributed by atoms with E-state index in [0.29, 0.717) is 5.92 Å². The van der Waals surface area contributed by atoms with E-state index in [9.17, 15) is 0 Å². The summed E-state index contributed by atoms with van der Waals surface area (Å²) in [5.41, 5.74) is 4.76. The molecule has 2 saturated heterocycles. The fourth-order valence-corrected chi connectivity index (χ4v) is 5.33. The van der Waals surface area contributed by atoms with Gasteiger partial charge in [0.25, 0.3) is 0 Å². The van der Waals surface area contributed by atoms with Crippen molar-refractivity contribution < 1.29 is 0 Å². The highest BCUT2D eigenvalue weighted by molar-refractivity contribution is 5.40. The lowest BCUT2D eigenvalue weighted by Crippen LogP contribution is -2.46. The number of likely N-dealkylation sites (tertiary alicyclic amines) is 2. The van der Waals surface area contributed by atoms with E-state index < -0.39 is 0 Å². The van der Waals surface area contributed by atoms with Gasteiger partial charge in [0.05, 0.1) is 11.6 Å². The molecule has 2 aromatic carbocycles. The van der Waals surface area contributed by atoms with Gasteiger partial charge in [0, 0.05) is 31.7 Å². The predicted molar refractivity (Wildman–Crippen MR) is 119 cm³/mol. The summed E-state index contributed by atoms with van der Waals surface area (Å²) < 4.78 is 0. The van der Waals surface area contributed by atoms with Crippen molar-refractivity contribution in [2.75, 3.05) is 19.6 Å². The Morgan fingerprint density at radius 2 is 1.83 bits per heavy atom. The van der Waals surface area contributed by atoms with Crippen LogP contribution in [0.5, 0.6) is 0 Å². The number of nitriles is 1. The number of fused-ring (bicyclic) bond motifs is 2. The minimum absolute atomic E-state index is 0.607. The molecule has 0 amide bonds. The predicted octanol–water partition coefficient (Wildman–Crippen LogP) is 5.10. The summed E-state index contributed by atoms with van der Waals surface area (Å²) in [6.45, 7) is 9.14. The lowest BCUT2D eigenvalue weighted by Gasteiger charge is -2.34. The molecule has 0 radical (unpaired) electrons. The lowest BCUT2D eigenvalue weighted by atomic mass is 9.90. The molecule has 3 unspecified atom stereocenters. The number of nitrogens with zero attached hydrogens (tertiary/aromatic N) is 3. The van der Waals surface area contributed by atoms with Crippen LogP contribution in [0.3, 0.4) is 0 Å². The molecule has 3 nitrogen and oxygen atoms in total. The van der Waals surface area contributed by atoms with Crippen LogP contribution in [0.15, 0.2) is 48.5 Å². The molecule has 152 valence electrons. The fourth-order valence-electron chi connectivity index (χ4n) is 5.33. The van der Waals surface area contributed by atoms with Crippen LogP contribution in [0, 0.1) is 18.3 Å². The summed E-state index contributed by atoms with van der Waals surface area (Å²) >= 11 is 0. The van der Waals surface area contributed by atoms with Crippen LogP contribution in [0.4, 0.5) is 0 Å². The summed E-state index contributed by atoms with van der Waals surface area (Å²) in [6, 6.07) is 21.1. The molecule has 3 heteroatoms. The molecule has 2 heterocycles. The second kappa shape index (κ2) is 9.11. The minimum atomic E-state index is 0.607. The van der Waals surface area contributed by atoms with Crippen molar-refractivity contribution in [3.8, 4) is 6.07 Å². The summed E-state index contributed by atoms with van der Waals surface area (Å²) in [4.78, 5) is 5.42. The van der Waals surface area contributed by atoms with E-state index in [1.807, 2.05) is 6.07 Å². The highest BCUT2D eigenvalue weighted by Gasteiger charge is 2.42. The van der Waals surface area contributed by atoms with Crippen molar-refractivity contribution in [2.24, 2.45) is 0 Å². The second-order valence-corrected chi connectivity index (χ2v) is 8.89. The van der Waals surface area contributed by atoms with E-state index in [-0.39, 0.29) is 0 Å². The maximum atomic E-state index is 9.16. The smallest absolute Gasteiger partial charge is 0.0994 e. The normalized spacial score (nSPS) is 22.7. The third kappa shape index (κ3) is 4.55. The van der Waals surface area contributed by atoms with Crippen LogP contribution >= 0.6 is 0 Å². The van der Waals surface area contributed by atoms with Gasteiger partial charge < -0.3 is 0 Å². The zero-order valence-corrected chi connectivity index (χ0v) is 17.8. The van der Waals surface area contributed by atoms with Gasteiger partial charge in [-0.25, -0.2) is 0 Å². The average Bonchev–Trinajstić information content (AvgIpc) is 3.32. The van der Waals surface area contributed by atoms with Crippen molar-refractivity contribution in [3.63, 3.8) is 0 Å². The van der Waals surface area contributed by atoms with Crippen molar-refractivity contribution in [1.82, 2.24) is 9.80 Å². The van der Waals surface area contributed by atoms with Crippen LogP contribution in [-0.2, 0) is 6.54 Å². The second-order valence-electron chi connectivity index (χ2n) is 8.89. The molecule has 0 aliphatic carbocycles. The standard InChI is InChI=1S/C26H33N3/c1-3-22(23-11-12-24(16-27)20(2)14-23)10-7-13-28-18-26-15-25(28)19-29(26)17-21-8-5-4-6-9-21/h4-6,8-9,11-12,14,22,25-26H,3,7,10,13,15,17-19H2,1-2H3. The first kappa shape index (κ1) is 20.1. The molecule has 2 aromatic rings. The van der Waals surface area contributed by atoms with Crippen LogP contribution < -0.4 is 0 Å². The maximum absolute atomic E-state index is 9.16. The molecule has 2 aliphatic rings. The molecule has 2 bridgehead atoms. The summed E-state index contributed by atoms with van der Waals surface area (Å²) in [5, 5.41) is 9.16. The zero-order chi connectivity index (χ0) is 20.2. The number of aryl methyl sites for hydroxylation is 1. The van der Waals surface area contributed by atoms with Gasteiger partial charge in [-0.3, -0.25) is 9.80 Å². The number of rotatable bonds is 8. The molecular formula is C26H33N3. The van der Waals surface area contributed by atoms with Gasteiger partial charge in [-0.15, -0.1) is 0 Å². The molecule has 0 aromatic heterocycles. The topological polar surface area (TPSA) is 30.3 Å². The highest BCUT2D eigenvalue weighted by Crippen LogP contribution is 2.33. The van der Waals surface area contributed by atoms with Crippen LogP contribution in [0.25, 0.3) is 0 Å². The first-order chi connectivity index (χ1) is 14.2. The van der Waals surface area contributed by atoms with E-state index in [1.54, 1.807) is 0 Å². The SMILES string of the molecule is CCC(CCCN1CC2CC1CN2Cc1ccccc1)c1ccc(C#N)c(C)c1. The number of hydrogen-bond donors (Lipinski definition) is 0. The summed E-state index contributed by atoms with van der Waals surface area (Å²) in [7, 11) is 0. The van der Waals surface area contributed by atoms with Crippen LogP contribution in [0.2, 0.25) is 0 Å². The van der Waals surface area contributed by atoms with Gasteiger partial charge in [-0.05, 0) is 67.8 Å². The van der Waals surface area contributed by atoms with E-state index in [1.165, 1.54) is 56.4 Å².